The van der Waals surface area contributed by atoms with Gasteiger partial charge in [0.05, 0.1) is 6.04 Å². The minimum atomic E-state index is 0.380. The molecule has 0 saturated carbocycles. The van der Waals surface area contributed by atoms with E-state index in [0.29, 0.717) is 18.6 Å². The summed E-state index contributed by atoms with van der Waals surface area (Å²) >= 11 is 1.79. The van der Waals surface area contributed by atoms with E-state index in [2.05, 4.69) is 43.3 Å². The highest BCUT2D eigenvalue weighted by Gasteiger charge is 2.19. The standard InChI is InChI=1S/C11H20N2S/c1-4-9(2)13(3)10(8-12)11-6-5-7-14-11/h5-7,9-10H,4,8,12H2,1-3H3. The molecule has 1 aromatic heterocycles. The third kappa shape index (κ3) is 2.56. The first-order chi connectivity index (χ1) is 6.70. The van der Waals surface area contributed by atoms with Crippen molar-refractivity contribution in [3.8, 4) is 0 Å². The van der Waals surface area contributed by atoms with Crippen LogP contribution in [-0.2, 0) is 0 Å². The van der Waals surface area contributed by atoms with Crippen molar-refractivity contribution in [2.75, 3.05) is 13.6 Å². The van der Waals surface area contributed by atoms with Gasteiger partial charge in [0.15, 0.2) is 0 Å². The summed E-state index contributed by atoms with van der Waals surface area (Å²) in [5, 5.41) is 2.11. The summed E-state index contributed by atoms with van der Waals surface area (Å²) in [5.41, 5.74) is 5.82. The zero-order valence-corrected chi connectivity index (χ0v) is 10.1. The van der Waals surface area contributed by atoms with Crippen molar-refractivity contribution in [1.29, 1.82) is 0 Å². The van der Waals surface area contributed by atoms with Crippen LogP contribution in [-0.4, -0.2) is 24.5 Å². The van der Waals surface area contributed by atoms with Gasteiger partial charge in [-0.1, -0.05) is 13.0 Å². The highest BCUT2D eigenvalue weighted by Crippen LogP contribution is 2.25. The zero-order valence-electron chi connectivity index (χ0n) is 9.23. The molecule has 0 aliphatic rings. The van der Waals surface area contributed by atoms with E-state index in [1.165, 1.54) is 11.3 Å². The highest BCUT2D eigenvalue weighted by molar-refractivity contribution is 7.10. The van der Waals surface area contributed by atoms with Crippen molar-refractivity contribution >= 4 is 11.3 Å². The van der Waals surface area contributed by atoms with Crippen LogP contribution < -0.4 is 5.73 Å². The average Bonchev–Trinajstić information content (AvgIpc) is 2.71. The Morgan fingerprint density at radius 1 is 1.57 bits per heavy atom. The highest BCUT2D eigenvalue weighted by atomic mass is 32.1. The maximum Gasteiger partial charge on any atom is 0.0564 e. The maximum absolute atomic E-state index is 5.82. The van der Waals surface area contributed by atoms with E-state index in [1.807, 2.05) is 0 Å². The second kappa shape index (κ2) is 5.49. The van der Waals surface area contributed by atoms with Gasteiger partial charge in [-0.05, 0) is 31.8 Å². The van der Waals surface area contributed by atoms with Crippen molar-refractivity contribution in [1.82, 2.24) is 4.90 Å². The monoisotopic (exact) mass is 212 g/mol. The molecule has 1 rings (SSSR count). The number of thiophene rings is 1. The summed E-state index contributed by atoms with van der Waals surface area (Å²) in [6.45, 7) is 5.15. The van der Waals surface area contributed by atoms with Crippen molar-refractivity contribution in [2.24, 2.45) is 5.73 Å². The molecule has 3 heteroatoms. The lowest BCUT2D eigenvalue weighted by atomic mass is 10.1. The molecule has 2 unspecified atom stereocenters. The summed E-state index contributed by atoms with van der Waals surface area (Å²) < 4.78 is 0. The van der Waals surface area contributed by atoms with Gasteiger partial charge in [-0.25, -0.2) is 0 Å². The van der Waals surface area contributed by atoms with E-state index in [1.54, 1.807) is 11.3 Å². The molecule has 0 spiro atoms. The summed E-state index contributed by atoms with van der Waals surface area (Å²) in [4.78, 5) is 3.74. The molecule has 0 aliphatic heterocycles. The Balaban J connectivity index is 2.72. The Hall–Kier alpha value is -0.380. The number of nitrogens with two attached hydrogens (primary N) is 1. The van der Waals surface area contributed by atoms with E-state index in [0.717, 1.165) is 0 Å². The van der Waals surface area contributed by atoms with Crippen LogP contribution in [0, 0.1) is 0 Å². The molecule has 0 aliphatic carbocycles. The zero-order chi connectivity index (χ0) is 10.6. The first-order valence-electron chi connectivity index (χ1n) is 5.16. The van der Waals surface area contributed by atoms with Gasteiger partial charge in [-0.2, -0.15) is 0 Å². The summed E-state index contributed by atoms with van der Waals surface area (Å²) in [6.07, 6.45) is 1.17. The topological polar surface area (TPSA) is 29.3 Å². The second-order valence-corrected chi connectivity index (χ2v) is 4.67. The molecule has 0 bridgehead atoms. The molecule has 0 fully saturated rings. The molecule has 1 heterocycles. The fraction of sp³-hybridized carbons (Fsp3) is 0.636. The van der Waals surface area contributed by atoms with Crippen molar-refractivity contribution < 1.29 is 0 Å². The quantitative estimate of drug-likeness (QED) is 0.812. The van der Waals surface area contributed by atoms with Gasteiger partial charge >= 0.3 is 0 Å². The Kier molecular flexibility index (Phi) is 4.58. The van der Waals surface area contributed by atoms with Crippen molar-refractivity contribution in [3.05, 3.63) is 22.4 Å². The normalized spacial score (nSPS) is 15.8. The number of likely N-dealkylation sites (N-methyl/N-ethyl adjacent to an activating group) is 1. The molecule has 0 radical (unpaired) electrons. The van der Waals surface area contributed by atoms with E-state index in [4.69, 9.17) is 5.73 Å². The minimum Gasteiger partial charge on any atom is -0.329 e. The molecule has 0 saturated heterocycles. The van der Waals surface area contributed by atoms with E-state index >= 15 is 0 Å². The largest absolute Gasteiger partial charge is 0.329 e. The van der Waals surface area contributed by atoms with Crippen LogP contribution in [0.2, 0.25) is 0 Å². The number of nitrogens with zero attached hydrogens (tertiary/aromatic N) is 1. The predicted octanol–water partition coefficient (Wildman–Crippen LogP) is 2.48. The first-order valence-corrected chi connectivity index (χ1v) is 6.04. The van der Waals surface area contributed by atoms with Crippen LogP contribution >= 0.6 is 11.3 Å². The Bertz CT molecular complexity index is 246. The lowest BCUT2D eigenvalue weighted by Gasteiger charge is -2.31. The third-order valence-corrected chi connectivity index (χ3v) is 3.85. The minimum absolute atomic E-state index is 0.380. The Morgan fingerprint density at radius 3 is 2.71 bits per heavy atom. The third-order valence-electron chi connectivity index (χ3n) is 2.87. The molecule has 0 amide bonds. The van der Waals surface area contributed by atoms with Crippen LogP contribution in [0.5, 0.6) is 0 Å². The lowest BCUT2D eigenvalue weighted by Crippen LogP contribution is -2.36. The van der Waals surface area contributed by atoms with E-state index in [9.17, 15) is 0 Å². The molecule has 2 N–H and O–H groups in total. The lowest BCUT2D eigenvalue weighted by molar-refractivity contribution is 0.187. The van der Waals surface area contributed by atoms with Gasteiger partial charge in [0, 0.05) is 17.5 Å². The molecule has 14 heavy (non-hydrogen) atoms. The van der Waals surface area contributed by atoms with Crippen LogP contribution in [0.1, 0.15) is 31.2 Å². The van der Waals surface area contributed by atoms with Gasteiger partial charge in [0.2, 0.25) is 0 Å². The van der Waals surface area contributed by atoms with E-state index < -0.39 is 0 Å². The molecule has 0 aromatic carbocycles. The van der Waals surface area contributed by atoms with Crippen molar-refractivity contribution in [2.45, 2.75) is 32.4 Å². The van der Waals surface area contributed by atoms with Gasteiger partial charge in [-0.15, -0.1) is 11.3 Å². The van der Waals surface area contributed by atoms with Crippen LogP contribution in [0.3, 0.4) is 0 Å². The smallest absolute Gasteiger partial charge is 0.0564 e. The van der Waals surface area contributed by atoms with Crippen LogP contribution in [0.4, 0.5) is 0 Å². The summed E-state index contributed by atoms with van der Waals surface area (Å²) in [5.74, 6) is 0. The SMILES string of the molecule is CCC(C)N(C)C(CN)c1cccs1. The molecular formula is C11H20N2S. The molecular weight excluding hydrogens is 192 g/mol. The first kappa shape index (κ1) is 11.7. The summed E-state index contributed by atoms with van der Waals surface area (Å²) in [6, 6.07) is 5.23. The Morgan fingerprint density at radius 2 is 2.29 bits per heavy atom. The average molecular weight is 212 g/mol. The molecule has 80 valence electrons. The molecule has 2 atom stereocenters. The van der Waals surface area contributed by atoms with Gasteiger partial charge in [-0.3, -0.25) is 4.90 Å². The second-order valence-electron chi connectivity index (χ2n) is 3.69. The summed E-state index contributed by atoms with van der Waals surface area (Å²) in [7, 11) is 2.16. The molecule has 1 aromatic rings. The van der Waals surface area contributed by atoms with E-state index in [-0.39, 0.29) is 0 Å². The fourth-order valence-corrected chi connectivity index (χ4v) is 2.45. The fourth-order valence-electron chi connectivity index (χ4n) is 1.56. The van der Waals surface area contributed by atoms with Crippen molar-refractivity contribution in [3.63, 3.8) is 0 Å². The number of rotatable bonds is 5. The van der Waals surface area contributed by atoms with Gasteiger partial charge in [0.1, 0.15) is 0 Å². The van der Waals surface area contributed by atoms with Crippen LogP contribution in [0.25, 0.3) is 0 Å². The van der Waals surface area contributed by atoms with Gasteiger partial charge in [0.25, 0.3) is 0 Å². The number of hydrogen-bond donors (Lipinski definition) is 1. The van der Waals surface area contributed by atoms with Gasteiger partial charge < -0.3 is 5.73 Å². The predicted molar refractivity (Wildman–Crippen MR) is 63.6 cm³/mol. The molecule has 2 nitrogen and oxygen atoms in total. The maximum atomic E-state index is 5.82. The Labute approximate surface area is 90.7 Å². The van der Waals surface area contributed by atoms with Crippen LogP contribution in [0.15, 0.2) is 17.5 Å². The number of hydrogen-bond acceptors (Lipinski definition) is 3.